The summed E-state index contributed by atoms with van der Waals surface area (Å²) in [5.41, 5.74) is 1.75. The Hall–Kier alpha value is -3.53. The van der Waals surface area contributed by atoms with Crippen LogP contribution in [0.15, 0.2) is 12.1 Å². The van der Waals surface area contributed by atoms with Crippen molar-refractivity contribution in [3.8, 4) is 28.7 Å². The highest BCUT2D eigenvalue weighted by atomic mass is 35.5. The molecular weight excluding hydrogens is 492 g/mol. The van der Waals surface area contributed by atoms with Crippen molar-refractivity contribution in [2.75, 3.05) is 40.6 Å². The molecule has 2 atom stereocenters. The third kappa shape index (κ3) is 3.38. The van der Waals surface area contributed by atoms with E-state index < -0.39 is 18.1 Å². The summed E-state index contributed by atoms with van der Waals surface area (Å²) >= 11 is 6.77. The Morgan fingerprint density at radius 2 is 1.92 bits per heavy atom. The van der Waals surface area contributed by atoms with Gasteiger partial charge in [-0.25, -0.2) is 9.59 Å². The van der Waals surface area contributed by atoms with Gasteiger partial charge in [0.2, 0.25) is 12.5 Å². The van der Waals surface area contributed by atoms with Gasteiger partial charge in [-0.1, -0.05) is 17.7 Å². The van der Waals surface area contributed by atoms with E-state index in [0.717, 1.165) is 5.56 Å². The fraction of sp³-hybridized carbons (Fsp3) is 0.440. The van der Waals surface area contributed by atoms with Crippen molar-refractivity contribution in [3.05, 3.63) is 39.4 Å². The molecule has 0 aromatic heterocycles. The summed E-state index contributed by atoms with van der Waals surface area (Å²) in [6.45, 7) is 5.11. The van der Waals surface area contributed by atoms with E-state index in [-0.39, 0.29) is 29.9 Å². The van der Waals surface area contributed by atoms with Crippen LogP contribution >= 0.6 is 11.6 Å². The summed E-state index contributed by atoms with van der Waals surface area (Å²) in [7, 11) is 2.90. The molecule has 36 heavy (non-hydrogen) atoms. The van der Waals surface area contributed by atoms with Gasteiger partial charge in [-0.2, -0.15) is 0 Å². The van der Waals surface area contributed by atoms with Crippen LogP contribution in [-0.4, -0.2) is 67.6 Å². The average Bonchev–Trinajstić information content (AvgIpc) is 3.50. The lowest BCUT2D eigenvalue weighted by Gasteiger charge is -2.42. The van der Waals surface area contributed by atoms with Crippen LogP contribution in [0.1, 0.15) is 53.0 Å². The van der Waals surface area contributed by atoms with Gasteiger partial charge in [0.1, 0.15) is 11.6 Å². The van der Waals surface area contributed by atoms with Gasteiger partial charge in [0.25, 0.3) is 0 Å². The Balaban J connectivity index is 1.75. The number of aromatic hydroxyl groups is 1. The van der Waals surface area contributed by atoms with Crippen molar-refractivity contribution in [2.45, 2.75) is 32.4 Å². The lowest BCUT2D eigenvalue weighted by molar-refractivity contribution is 0.00770. The molecule has 0 spiro atoms. The molecule has 0 unspecified atom stereocenters. The number of hydrogen-bond acceptors (Lipinski definition) is 8. The van der Waals surface area contributed by atoms with Crippen LogP contribution in [0.25, 0.3) is 0 Å². The number of methoxy groups -OCH3 is 2. The van der Waals surface area contributed by atoms with E-state index in [0.29, 0.717) is 59.5 Å². The van der Waals surface area contributed by atoms with Crippen molar-refractivity contribution in [1.29, 1.82) is 0 Å². The minimum Gasteiger partial charge on any atom is -0.504 e. The van der Waals surface area contributed by atoms with Gasteiger partial charge < -0.3 is 38.6 Å². The number of carbonyl (C=O) groups is 2. The second-order valence-electron chi connectivity index (χ2n) is 8.55. The van der Waals surface area contributed by atoms with Crippen molar-refractivity contribution in [2.24, 2.45) is 0 Å². The monoisotopic (exact) mass is 518 g/mol. The van der Waals surface area contributed by atoms with Gasteiger partial charge in [0.15, 0.2) is 29.1 Å². The number of ether oxygens (including phenoxy) is 5. The third-order valence-electron chi connectivity index (χ3n) is 7.00. The summed E-state index contributed by atoms with van der Waals surface area (Å²) in [5.74, 6) is 0.225. The van der Waals surface area contributed by atoms with Crippen LogP contribution in [0.2, 0.25) is 5.02 Å². The lowest BCUT2D eigenvalue weighted by atomic mass is 9.85. The molecule has 0 aliphatic carbocycles. The van der Waals surface area contributed by atoms with E-state index in [4.69, 9.17) is 35.3 Å². The molecule has 3 heterocycles. The largest absolute Gasteiger partial charge is 0.504 e. The van der Waals surface area contributed by atoms with Gasteiger partial charge in [-0.05, 0) is 31.9 Å². The number of urea groups is 1. The molecular formula is C25H27ClN2O8. The van der Waals surface area contributed by atoms with Gasteiger partial charge in [-0.3, -0.25) is 0 Å². The molecule has 11 heteroatoms. The van der Waals surface area contributed by atoms with Crippen LogP contribution in [0.3, 0.4) is 0 Å². The van der Waals surface area contributed by atoms with Crippen molar-refractivity contribution >= 4 is 23.6 Å². The third-order valence-corrected chi connectivity index (χ3v) is 7.40. The second-order valence-corrected chi connectivity index (χ2v) is 8.93. The van der Waals surface area contributed by atoms with Gasteiger partial charge in [0, 0.05) is 30.8 Å². The zero-order chi connectivity index (χ0) is 25.7. The van der Waals surface area contributed by atoms with E-state index in [2.05, 4.69) is 0 Å². The number of phenols is 1. The SMILES string of the molecule is CCN(CC)C(=O)N1CCc2c(Cl)c3c(c(OC)c2[C@@H]1[C@H]1OC(=O)c2c1ccc(OC)c2O)OCO3. The predicted octanol–water partition coefficient (Wildman–Crippen LogP) is 4.06. The highest BCUT2D eigenvalue weighted by Crippen LogP contribution is 2.58. The Bertz CT molecular complexity index is 1250. The maximum atomic E-state index is 13.7. The zero-order valence-electron chi connectivity index (χ0n) is 20.4. The number of nitrogens with zero attached hydrogens (tertiary/aromatic N) is 2. The number of phenolic OH excluding ortho intramolecular Hbond substituents is 1. The van der Waals surface area contributed by atoms with Crippen molar-refractivity contribution < 1.29 is 38.4 Å². The summed E-state index contributed by atoms with van der Waals surface area (Å²) in [5, 5.41) is 11.1. The van der Waals surface area contributed by atoms with Crippen LogP contribution in [0.4, 0.5) is 4.79 Å². The highest BCUT2D eigenvalue weighted by Gasteiger charge is 2.49. The van der Waals surface area contributed by atoms with Crippen molar-refractivity contribution in [3.63, 3.8) is 0 Å². The Kier molecular flexibility index (Phi) is 6.15. The number of amides is 2. The Morgan fingerprint density at radius 1 is 1.19 bits per heavy atom. The minimum atomic E-state index is -0.937. The zero-order valence-corrected chi connectivity index (χ0v) is 21.2. The molecule has 0 fully saturated rings. The van der Waals surface area contributed by atoms with Crippen LogP contribution in [-0.2, 0) is 11.2 Å². The number of hydrogen-bond donors (Lipinski definition) is 1. The van der Waals surface area contributed by atoms with Gasteiger partial charge in [-0.15, -0.1) is 0 Å². The molecule has 2 aromatic rings. The molecule has 0 saturated heterocycles. The smallest absolute Gasteiger partial charge is 0.343 e. The molecule has 10 nitrogen and oxygen atoms in total. The molecule has 0 radical (unpaired) electrons. The number of esters is 1. The quantitative estimate of drug-likeness (QED) is 0.590. The minimum absolute atomic E-state index is 0.00696. The molecule has 3 aliphatic heterocycles. The van der Waals surface area contributed by atoms with Gasteiger partial charge >= 0.3 is 12.0 Å². The Labute approximate surface area is 213 Å². The molecule has 3 aliphatic rings. The lowest BCUT2D eigenvalue weighted by Crippen LogP contribution is -2.49. The number of rotatable bonds is 5. The molecule has 0 bridgehead atoms. The first-order valence-electron chi connectivity index (χ1n) is 11.7. The number of halogens is 1. The molecule has 2 aromatic carbocycles. The molecule has 192 valence electrons. The maximum Gasteiger partial charge on any atom is 0.343 e. The number of fused-ring (bicyclic) bond motifs is 3. The summed E-state index contributed by atoms with van der Waals surface area (Å²) in [4.78, 5) is 30.1. The van der Waals surface area contributed by atoms with Crippen LogP contribution in [0.5, 0.6) is 28.7 Å². The number of carbonyl (C=O) groups excluding carboxylic acids is 2. The Morgan fingerprint density at radius 3 is 2.58 bits per heavy atom. The van der Waals surface area contributed by atoms with E-state index in [9.17, 15) is 14.7 Å². The average molecular weight is 519 g/mol. The summed E-state index contributed by atoms with van der Waals surface area (Å²) in [6, 6.07) is 2.21. The standard InChI is InChI=1S/C25H27ClN2O8/c1-5-27(6-2)25(31)28-10-9-12-15(21(33-4)23-22(17(12)26)34-11-35-23)18(28)20-13-7-8-14(32-3)19(29)16(13)24(30)36-20/h7-8,18,20,29H,5-6,9-11H2,1-4H3/t18-,20+/m1/s1. The first kappa shape index (κ1) is 24.2. The normalized spacial score (nSPS) is 19.5. The summed E-state index contributed by atoms with van der Waals surface area (Å²) < 4.78 is 28.1. The van der Waals surface area contributed by atoms with E-state index >= 15 is 0 Å². The fourth-order valence-electron chi connectivity index (χ4n) is 5.29. The molecule has 5 rings (SSSR count). The molecule has 1 N–H and O–H groups in total. The topological polar surface area (TPSA) is 107 Å². The van der Waals surface area contributed by atoms with E-state index in [1.54, 1.807) is 21.9 Å². The van der Waals surface area contributed by atoms with Crippen LogP contribution < -0.4 is 18.9 Å². The number of benzene rings is 2. The molecule has 2 amide bonds. The molecule has 0 saturated carbocycles. The van der Waals surface area contributed by atoms with Crippen LogP contribution in [0, 0.1) is 0 Å². The highest BCUT2D eigenvalue weighted by molar-refractivity contribution is 6.33. The maximum absolute atomic E-state index is 13.7. The van der Waals surface area contributed by atoms with E-state index in [1.165, 1.54) is 14.2 Å². The van der Waals surface area contributed by atoms with E-state index in [1.807, 2.05) is 13.8 Å². The first-order valence-corrected chi connectivity index (χ1v) is 12.1. The number of cyclic esters (lactones) is 1. The van der Waals surface area contributed by atoms with Crippen molar-refractivity contribution in [1.82, 2.24) is 9.80 Å². The summed E-state index contributed by atoms with van der Waals surface area (Å²) in [6.07, 6.45) is -0.500. The second kappa shape index (κ2) is 9.16. The fourth-order valence-corrected chi connectivity index (χ4v) is 5.63. The predicted molar refractivity (Wildman–Crippen MR) is 128 cm³/mol. The first-order chi connectivity index (χ1) is 17.4. The van der Waals surface area contributed by atoms with Gasteiger partial charge in [0.05, 0.1) is 19.2 Å².